The van der Waals surface area contributed by atoms with Crippen LogP contribution < -0.4 is 0 Å². The van der Waals surface area contributed by atoms with E-state index in [4.69, 9.17) is 37.0 Å². The molecule has 0 radical (unpaired) electrons. The summed E-state index contributed by atoms with van der Waals surface area (Å²) in [6, 6.07) is 0. The molecule has 0 fully saturated rings. The van der Waals surface area contributed by atoms with Gasteiger partial charge in [0.05, 0.1) is 26.4 Å². The number of phosphoric acid groups is 2. The molecule has 600 valence electrons. The van der Waals surface area contributed by atoms with Crippen molar-refractivity contribution in [2.24, 2.45) is 23.7 Å². The van der Waals surface area contributed by atoms with Crippen molar-refractivity contribution in [1.29, 1.82) is 0 Å². The molecule has 0 spiro atoms. The van der Waals surface area contributed by atoms with E-state index in [1.165, 1.54) is 218 Å². The second-order valence-electron chi connectivity index (χ2n) is 31.2. The van der Waals surface area contributed by atoms with Gasteiger partial charge in [-0.1, -0.05) is 370 Å². The molecule has 0 aliphatic carbocycles. The zero-order valence-electron chi connectivity index (χ0n) is 66.5. The summed E-state index contributed by atoms with van der Waals surface area (Å²) in [5.74, 6) is 1.00. The first kappa shape index (κ1) is 99.1. The maximum Gasteiger partial charge on any atom is 0.472 e. The van der Waals surface area contributed by atoms with Crippen LogP contribution in [0.25, 0.3) is 0 Å². The number of carbonyl (C=O) groups is 4. The molecule has 0 aromatic carbocycles. The Labute approximate surface area is 619 Å². The third-order valence-electron chi connectivity index (χ3n) is 19.4. The normalized spacial score (nSPS) is 14.3. The Kier molecular flexibility index (Phi) is 69.6. The average Bonchev–Trinajstić information content (AvgIpc) is 0.951. The number of ether oxygens (including phenoxy) is 4. The van der Waals surface area contributed by atoms with Crippen molar-refractivity contribution in [2.75, 3.05) is 39.6 Å². The molecule has 0 saturated carbocycles. The van der Waals surface area contributed by atoms with E-state index in [0.29, 0.717) is 25.7 Å². The molecule has 0 rings (SSSR count). The summed E-state index contributed by atoms with van der Waals surface area (Å²) in [5.41, 5.74) is 0. The summed E-state index contributed by atoms with van der Waals surface area (Å²) in [6.45, 7) is 14.3. The first-order chi connectivity index (χ1) is 48.6. The van der Waals surface area contributed by atoms with E-state index in [1.807, 2.05) is 0 Å². The topological polar surface area (TPSA) is 237 Å². The van der Waals surface area contributed by atoms with Crippen LogP contribution in [0.4, 0.5) is 0 Å². The van der Waals surface area contributed by atoms with E-state index in [9.17, 15) is 43.2 Å². The number of aliphatic hydroxyl groups is 1. The third-order valence-corrected chi connectivity index (χ3v) is 21.3. The van der Waals surface area contributed by atoms with Crippen molar-refractivity contribution in [3.8, 4) is 0 Å². The number of aliphatic hydroxyl groups excluding tert-OH is 1. The minimum Gasteiger partial charge on any atom is -0.462 e. The molecule has 0 amide bonds. The van der Waals surface area contributed by atoms with Crippen LogP contribution in [-0.4, -0.2) is 96.7 Å². The predicted molar refractivity (Wildman–Crippen MR) is 414 cm³/mol. The van der Waals surface area contributed by atoms with Gasteiger partial charge in [0.2, 0.25) is 0 Å². The second kappa shape index (κ2) is 71.0. The van der Waals surface area contributed by atoms with Crippen LogP contribution in [-0.2, 0) is 65.4 Å². The van der Waals surface area contributed by atoms with E-state index >= 15 is 0 Å². The molecule has 19 heteroatoms. The zero-order chi connectivity index (χ0) is 74.6. The molecule has 0 aromatic heterocycles. The second-order valence-corrected chi connectivity index (χ2v) is 34.1. The van der Waals surface area contributed by atoms with Crippen LogP contribution in [0.3, 0.4) is 0 Å². The van der Waals surface area contributed by atoms with Gasteiger partial charge in [-0.3, -0.25) is 37.3 Å². The van der Waals surface area contributed by atoms with E-state index in [0.717, 1.165) is 120 Å². The number of carbonyl (C=O) groups excluding carboxylic acids is 4. The first-order valence-corrected chi connectivity index (χ1v) is 45.2. The monoisotopic (exact) mass is 1480 g/mol. The zero-order valence-corrected chi connectivity index (χ0v) is 68.3. The molecule has 17 nitrogen and oxygen atoms in total. The summed E-state index contributed by atoms with van der Waals surface area (Å²) >= 11 is 0. The van der Waals surface area contributed by atoms with Gasteiger partial charge in [0.25, 0.3) is 0 Å². The summed E-state index contributed by atoms with van der Waals surface area (Å²) < 4.78 is 68.8. The molecule has 0 saturated heterocycles. The number of rotatable bonds is 79. The van der Waals surface area contributed by atoms with Gasteiger partial charge in [-0.15, -0.1) is 0 Å². The minimum atomic E-state index is -4.96. The Bertz CT molecular complexity index is 1970. The SMILES string of the molecule is CCC(C)CCCCCCCCC(=O)OC[C@H](COP(=O)(O)OC[C@H](O)COP(=O)(O)OC[C@@H](COC(=O)CCCCCCCCCCCCCC(C)C)OC(=O)CCCCCCCCCCCCCCCCCCC(C)C)OC(=O)CCCCCCCCCCCCCCCCCC(C)C. The Morgan fingerprint density at radius 2 is 0.475 bits per heavy atom. The highest BCUT2D eigenvalue weighted by atomic mass is 31.2. The molecule has 6 atom stereocenters. The van der Waals surface area contributed by atoms with Crippen LogP contribution >= 0.6 is 15.6 Å². The van der Waals surface area contributed by atoms with E-state index in [-0.39, 0.29) is 25.7 Å². The molecule has 0 aliphatic heterocycles. The van der Waals surface area contributed by atoms with Crippen molar-refractivity contribution < 1.29 is 80.2 Å². The number of hydrogen-bond acceptors (Lipinski definition) is 15. The Balaban J connectivity index is 5.23. The predicted octanol–water partition coefficient (Wildman–Crippen LogP) is 24.4. The number of esters is 4. The standard InChI is InChI=1S/C82H160O17P2/c1-9-75(8)61-53-45-40-41-47-55-63-80(85)93-69-78(99-82(87)65-57-49-39-33-26-20-16-12-14-18-23-29-35-43-51-59-73(4)5)71-97-101(90,91)95-67-76(83)66-94-100(88,89)96-70-77(68-92-79(84)62-54-46-37-31-27-21-24-30-36-44-52-60-74(6)7)98-81(86)64-56-48-38-32-25-19-15-11-10-13-17-22-28-34-42-50-58-72(2)3/h72-78,83H,9-71H2,1-8H3,(H,88,89)(H,90,91)/t75?,76-,77-,78-/m1/s1. The highest BCUT2D eigenvalue weighted by Gasteiger charge is 2.30. The van der Waals surface area contributed by atoms with Gasteiger partial charge in [0, 0.05) is 25.7 Å². The lowest BCUT2D eigenvalue weighted by Crippen LogP contribution is -2.30. The lowest BCUT2D eigenvalue weighted by molar-refractivity contribution is -0.161. The van der Waals surface area contributed by atoms with Crippen molar-refractivity contribution in [2.45, 2.75) is 440 Å². The summed E-state index contributed by atoms with van der Waals surface area (Å²) in [4.78, 5) is 73.1. The lowest BCUT2D eigenvalue weighted by Gasteiger charge is -2.21. The first-order valence-electron chi connectivity index (χ1n) is 42.2. The minimum absolute atomic E-state index is 0.107. The molecular weight excluding hydrogens is 1320 g/mol. The highest BCUT2D eigenvalue weighted by molar-refractivity contribution is 7.47. The highest BCUT2D eigenvalue weighted by Crippen LogP contribution is 2.45. The van der Waals surface area contributed by atoms with Gasteiger partial charge in [0.1, 0.15) is 19.3 Å². The average molecular weight is 1480 g/mol. The maximum absolute atomic E-state index is 13.1. The molecular formula is C82H160O17P2. The van der Waals surface area contributed by atoms with Crippen molar-refractivity contribution in [1.82, 2.24) is 0 Å². The van der Waals surface area contributed by atoms with Gasteiger partial charge < -0.3 is 33.8 Å². The smallest absolute Gasteiger partial charge is 0.462 e. The van der Waals surface area contributed by atoms with Crippen LogP contribution in [0.5, 0.6) is 0 Å². The molecule has 3 unspecified atom stereocenters. The van der Waals surface area contributed by atoms with Gasteiger partial charge in [-0.25, -0.2) is 9.13 Å². The van der Waals surface area contributed by atoms with Crippen LogP contribution in [0.2, 0.25) is 0 Å². The molecule has 101 heavy (non-hydrogen) atoms. The van der Waals surface area contributed by atoms with Crippen molar-refractivity contribution in [3.63, 3.8) is 0 Å². The quantitative estimate of drug-likeness (QED) is 0.0222. The van der Waals surface area contributed by atoms with Gasteiger partial charge >= 0.3 is 39.5 Å². The number of phosphoric ester groups is 2. The molecule has 0 bridgehead atoms. The van der Waals surface area contributed by atoms with Gasteiger partial charge in [0.15, 0.2) is 12.2 Å². The fraction of sp³-hybridized carbons (Fsp3) is 0.951. The van der Waals surface area contributed by atoms with Crippen molar-refractivity contribution in [3.05, 3.63) is 0 Å². The summed E-state index contributed by atoms with van der Waals surface area (Å²) in [5, 5.41) is 10.6. The lowest BCUT2D eigenvalue weighted by atomic mass is 10.00. The van der Waals surface area contributed by atoms with Crippen molar-refractivity contribution >= 4 is 39.5 Å². The van der Waals surface area contributed by atoms with Gasteiger partial charge in [-0.2, -0.15) is 0 Å². The fourth-order valence-electron chi connectivity index (χ4n) is 12.6. The third kappa shape index (κ3) is 74.7. The summed E-state index contributed by atoms with van der Waals surface area (Å²) in [6.07, 6.45) is 58.3. The van der Waals surface area contributed by atoms with E-state index in [2.05, 4.69) is 55.4 Å². The maximum atomic E-state index is 13.1. The van der Waals surface area contributed by atoms with E-state index < -0.39 is 97.5 Å². The molecule has 0 aliphatic rings. The Hall–Kier alpha value is -1.94. The van der Waals surface area contributed by atoms with E-state index in [1.54, 1.807) is 0 Å². The Morgan fingerprint density at radius 3 is 0.703 bits per heavy atom. The molecule has 0 heterocycles. The van der Waals surface area contributed by atoms with Crippen LogP contribution in [0, 0.1) is 23.7 Å². The molecule has 0 aromatic rings. The van der Waals surface area contributed by atoms with Crippen LogP contribution in [0.15, 0.2) is 0 Å². The largest absolute Gasteiger partial charge is 0.472 e. The molecule has 3 N–H and O–H groups in total. The number of hydrogen-bond donors (Lipinski definition) is 3. The van der Waals surface area contributed by atoms with Crippen LogP contribution in [0.1, 0.15) is 421 Å². The summed E-state index contributed by atoms with van der Waals surface area (Å²) in [7, 11) is -9.92. The number of unbranched alkanes of at least 4 members (excludes halogenated alkanes) is 44. The van der Waals surface area contributed by atoms with Gasteiger partial charge in [-0.05, 0) is 49.4 Å². The Morgan fingerprint density at radius 1 is 0.277 bits per heavy atom. The fourth-order valence-corrected chi connectivity index (χ4v) is 14.2.